The molecule has 0 saturated carbocycles. The zero-order valence-electron chi connectivity index (χ0n) is 25.0. The van der Waals surface area contributed by atoms with Crippen LogP contribution in [0.4, 0.5) is 0 Å². The first-order chi connectivity index (χ1) is 21.1. The summed E-state index contributed by atoms with van der Waals surface area (Å²) in [5, 5.41) is 8.07. The first-order valence-corrected chi connectivity index (χ1v) is 14.8. The maximum atomic E-state index is 13.6. The van der Waals surface area contributed by atoms with Crippen molar-refractivity contribution >= 4 is 27.6 Å². The summed E-state index contributed by atoms with van der Waals surface area (Å²) >= 11 is 0. The van der Waals surface area contributed by atoms with E-state index in [0.29, 0.717) is 51.7 Å². The van der Waals surface area contributed by atoms with Crippen molar-refractivity contribution in [3.63, 3.8) is 0 Å². The van der Waals surface area contributed by atoms with E-state index in [1.165, 1.54) is 0 Å². The third-order valence-corrected chi connectivity index (χ3v) is 7.93. The Bertz CT molecular complexity index is 1790. The van der Waals surface area contributed by atoms with Gasteiger partial charge in [0, 0.05) is 42.6 Å². The van der Waals surface area contributed by atoms with Crippen LogP contribution in [0.3, 0.4) is 0 Å². The standard InChI is InChI=1S/C35H37N3O5/c1-4-42-35(39)34-27(17-11-21-43-31-18-9-13-24-12-5-6-14-25(24)31)26-15-10-16-28-32-29(36-37(2)30(32)23-40-3)22-41-20-8-7-19-38(34)33(26)28/h5-10,12-16,18H,4,11,17,19-23H2,1-3H3/b8-7-. The van der Waals surface area contributed by atoms with Crippen molar-refractivity contribution in [3.05, 3.63) is 95.5 Å². The van der Waals surface area contributed by atoms with E-state index in [0.717, 1.165) is 61.9 Å². The molecule has 1 aliphatic heterocycles. The van der Waals surface area contributed by atoms with Gasteiger partial charge < -0.3 is 23.5 Å². The molecule has 5 aromatic rings. The lowest BCUT2D eigenvalue weighted by molar-refractivity contribution is 0.0513. The number of benzene rings is 3. The molecule has 3 aromatic carbocycles. The molecule has 2 aromatic heterocycles. The molecule has 8 nitrogen and oxygen atoms in total. The van der Waals surface area contributed by atoms with Gasteiger partial charge in [-0.2, -0.15) is 5.10 Å². The number of nitrogens with zero attached hydrogens (tertiary/aromatic N) is 3. The Kier molecular flexibility index (Phi) is 8.58. The molecular weight excluding hydrogens is 542 g/mol. The van der Waals surface area contributed by atoms with Crippen LogP contribution in [-0.4, -0.2) is 47.2 Å². The van der Waals surface area contributed by atoms with Crippen molar-refractivity contribution in [2.24, 2.45) is 7.05 Å². The summed E-state index contributed by atoms with van der Waals surface area (Å²) < 4.78 is 27.4. The van der Waals surface area contributed by atoms with Crippen molar-refractivity contribution in [2.75, 3.05) is 26.9 Å². The van der Waals surface area contributed by atoms with E-state index < -0.39 is 0 Å². The van der Waals surface area contributed by atoms with Gasteiger partial charge in [-0.3, -0.25) is 4.68 Å². The molecule has 8 heteroatoms. The van der Waals surface area contributed by atoms with Crippen LogP contribution in [0.25, 0.3) is 32.8 Å². The van der Waals surface area contributed by atoms with Crippen LogP contribution in [0.1, 0.15) is 40.8 Å². The maximum absolute atomic E-state index is 13.6. The van der Waals surface area contributed by atoms with E-state index in [9.17, 15) is 4.79 Å². The van der Waals surface area contributed by atoms with Gasteiger partial charge in [0.15, 0.2) is 0 Å². The molecule has 0 fully saturated rings. The van der Waals surface area contributed by atoms with E-state index in [1.54, 1.807) is 7.11 Å². The number of methoxy groups -OCH3 is 1. The second kappa shape index (κ2) is 12.9. The largest absolute Gasteiger partial charge is 0.493 e. The molecule has 3 heterocycles. The average Bonchev–Trinajstić information content (AvgIpc) is 3.49. The first kappa shape index (κ1) is 28.7. The third kappa shape index (κ3) is 5.56. The Hall–Kier alpha value is -4.40. The van der Waals surface area contributed by atoms with Gasteiger partial charge in [0.1, 0.15) is 11.4 Å². The number of aryl methyl sites for hydroxylation is 2. The fourth-order valence-corrected chi connectivity index (χ4v) is 6.11. The molecule has 0 N–H and O–H groups in total. The van der Waals surface area contributed by atoms with E-state index in [-0.39, 0.29) is 5.97 Å². The van der Waals surface area contributed by atoms with Crippen molar-refractivity contribution < 1.29 is 23.7 Å². The lowest BCUT2D eigenvalue weighted by atomic mass is 9.98. The smallest absolute Gasteiger partial charge is 0.355 e. The second-order valence-corrected chi connectivity index (χ2v) is 10.6. The van der Waals surface area contributed by atoms with Crippen LogP contribution < -0.4 is 4.74 Å². The number of ether oxygens (including phenoxy) is 4. The van der Waals surface area contributed by atoms with Gasteiger partial charge in [0.05, 0.1) is 49.9 Å². The minimum atomic E-state index is -0.322. The van der Waals surface area contributed by atoms with Crippen LogP contribution in [0.2, 0.25) is 0 Å². The molecule has 0 atom stereocenters. The minimum absolute atomic E-state index is 0.297. The third-order valence-electron chi connectivity index (χ3n) is 7.93. The SMILES string of the molecule is CCOC(=O)c1c(CCCOc2cccc3ccccc23)c2cccc3c2n1C/C=C\COCc1nn(C)c(COC)c1-3. The number of aromatic nitrogens is 3. The van der Waals surface area contributed by atoms with E-state index in [1.807, 2.05) is 55.1 Å². The molecule has 43 heavy (non-hydrogen) atoms. The van der Waals surface area contributed by atoms with Crippen molar-refractivity contribution in [1.29, 1.82) is 0 Å². The van der Waals surface area contributed by atoms with E-state index >= 15 is 0 Å². The van der Waals surface area contributed by atoms with Crippen molar-refractivity contribution in [1.82, 2.24) is 14.3 Å². The van der Waals surface area contributed by atoms with Crippen LogP contribution in [0.15, 0.2) is 72.8 Å². The summed E-state index contributed by atoms with van der Waals surface area (Å²) in [6.45, 7) is 4.38. The molecule has 0 spiro atoms. The van der Waals surface area contributed by atoms with Crippen molar-refractivity contribution in [3.8, 4) is 16.9 Å². The number of carbonyl (C=O) groups excluding carboxylic acids is 1. The highest BCUT2D eigenvalue weighted by atomic mass is 16.5. The lowest BCUT2D eigenvalue weighted by Crippen LogP contribution is -2.14. The monoisotopic (exact) mass is 579 g/mol. The fraction of sp³-hybridized carbons (Fsp3) is 0.314. The number of allylic oxidation sites excluding steroid dienone is 1. The minimum Gasteiger partial charge on any atom is -0.493 e. The Morgan fingerprint density at radius 3 is 2.70 bits per heavy atom. The number of para-hydroxylation sites is 1. The molecule has 0 radical (unpaired) electrons. The zero-order chi connectivity index (χ0) is 29.8. The number of rotatable bonds is 9. The van der Waals surface area contributed by atoms with Gasteiger partial charge in [0.2, 0.25) is 0 Å². The maximum Gasteiger partial charge on any atom is 0.355 e. The van der Waals surface area contributed by atoms with Gasteiger partial charge in [0.25, 0.3) is 0 Å². The number of hydrogen-bond donors (Lipinski definition) is 0. The fourth-order valence-electron chi connectivity index (χ4n) is 6.11. The van der Waals surface area contributed by atoms with E-state index in [4.69, 9.17) is 24.0 Å². The summed E-state index contributed by atoms with van der Waals surface area (Å²) in [5.74, 6) is 0.544. The summed E-state index contributed by atoms with van der Waals surface area (Å²) in [5.41, 5.74) is 6.31. The molecule has 222 valence electrons. The molecule has 1 aliphatic rings. The molecular formula is C35H37N3O5. The van der Waals surface area contributed by atoms with Gasteiger partial charge >= 0.3 is 5.97 Å². The molecule has 0 bridgehead atoms. The Morgan fingerprint density at radius 2 is 1.84 bits per heavy atom. The average molecular weight is 580 g/mol. The molecule has 6 rings (SSSR count). The van der Waals surface area contributed by atoms with Crippen LogP contribution in [-0.2, 0) is 47.4 Å². The second-order valence-electron chi connectivity index (χ2n) is 10.6. The summed E-state index contributed by atoms with van der Waals surface area (Å²) in [4.78, 5) is 13.6. The Morgan fingerprint density at radius 1 is 1.02 bits per heavy atom. The lowest BCUT2D eigenvalue weighted by Gasteiger charge is -2.13. The predicted octanol–water partition coefficient (Wildman–Crippen LogP) is 6.62. The van der Waals surface area contributed by atoms with Gasteiger partial charge in [-0.05, 0) is 36.8 Å². The highest BCUT2D eigenvalue weighted by molar-refractivity contribution is 6.05. The highest BCUT2D eigenvalue weighted by Gasteiger charge is 2.28. The van der Waals surface area contributed by atoms with E-state index in [2.05, 4.69) is 41.0 Å². The van der Waals surface area contributed by atoms with Crippen LogP contribution >= 0.6 is 0 Å². The number of esters is 1. The quantitative estimate of drug-likeness (QED) is 0.111. The Labute approximate surface area is 251 Å². The summed E-state index contributed by atoms with van der Waals surface area (Å²) in [6.07, 6.45) is 5.43. The summed E-state index contributed by atoms with van der Waals surface area (Å²) in [7, 11) is 3.61. The Balaban J connectivity index is 1.44. The number of carbonyl (C=O) groups is 1. The first-order valence-electron chi connectivity index (χ1n) is 14.8. The normalized spacial score (nSPS) is 13.9. The number of hydrogen-bond acceptors (Lipinski definition) is 6. The molecule has 0 aliphatic carbocycles. The molecule has 0 unspecified atom stereocenters. The zero-order valence-corrected chi connectivity index (χ0v) is 25.0. The van der Waals surface area contributed by atoms with Gasteiger partial charge in [-0.15, -0.1) is 0 Å². The molecule has 0 amide bonds. The molecule has 0 saturated heterocycles. The topological polar surface area (TPSA) is 76.7 Å². The summed E-state index contributed by atoms with van der Waals surface area (Å²) in [6, 6.07) is 20.6. The van der Waals surface area contributed by atoms with Gasteiger partial charge in [-0.25, -0.2) is 4.79 Å². The van der Waals surface area contributed by atoms with Crippen molar-refractivity contribution in [2.45, 2.75) is 39.5 Å². The van der Waals surface area contributed by atoms with Crippen LogP contribution in [0.5, 0.6) is 5.75 Å². The predicted molar refractivity (Wildman–Crippen MR) is 167 cm³/mol. The van der Waals surface area contributed by atoms with Gasteiger partial charge in [-0.1, -0.05) is 66.7 Å². The highest BCUT2D eigenvalue weighted by Crippen LogP contribution is 2.39. The van der Waals surface area contributed by atoms with Crippen LogP contribution in [0, 0.1) is 0 Å². The number of fused-ring (bicyclic) bond motifs is 3.